The fourth-order valence-corrected chi connectivity index (χ4v) is 1.43. The molecule has 0 saturated heterocycles. The van der Waals surface area contributed by atoms with E-state index in [4.69, 9.17) is 20.8 Å². The normalized spacial score (nSPS) is 13.3. The van der Waals surface area contributed by atoms with Gasteiger partial charge in [-0.2, -0.15) is 0 Å². The van der Waals surface area contributed by atoms with Crippen molar-refractivity contribution in [2.75, 3.05) is 26.3 Å². The minimum atomic E-state index is 0.0752. The third-order valence-electron chi connectivity index (χ3n) is 2.61. The number of hydrogen-bond acceptors (Lipinski definition) is 5. The number of nitrogens with one attached hydrogen (secondary N) is 1. The number of benzene rings is 1. The summed E-state index contributed by atoms with van der Waals surface area (Å²) in [6, 6.07) is 6.99. The summed E-state index contributed by atoms with van der Waals surface area (Å²) < 4.78 is 5.52. The van der Waals surface area contributed by atoms with Gasteiger partial charge in [0, 0.05) is 25.3 Å². The van der Waals surface area contributed by atoms with Crippen LogP contribution in [-0.2, 0) is 0 Å². The van der Waals surface area contributed by atoms with E-state index in [0.717, 1.165) is 12.3 Å². The zero-order valence-electron chi connectivity index (χ0n) is 11.0. The van der Waals surface area contributed by atoms with Gasteiger partial charge in [-0.05, 0) is 30.2 Å². The summed E-state index contributed by atoms with van der Waals surface area (Å²) in [5.41, 5.74) is 6.10. The number of rotatable bonds is 8. The average Bonchev–Trinajstić information content (AvgIpc) is 2.46. The van der Waals surface area contributed by atoms with Gasteiger partial charge in [0.25, 0.3) is 0 Å². The number of aliphatic hydroxyl groups excluding tert-OH is 1. The molecule has 0 saturated carbocycles. The summed E-state index contributed by atoms with van der Waals surface area (Å²) >= 11 is 0. The molecule has 0 bridgehead atoms. The SMILES string of the molecule is CC(CO)CNCCOc1ccc(C(N)=NO)cc1. The van der Waals surface area contributed by atoms with Gasteiger partial charge in [0.15, 0.2) is 5.84 Å². The van der Waals surface area contributed by atoms with E-state index >= 15 is 0 Å². The van der Waals surface area contributed by atoms with E-state index in [-0.39, 0.29) is 18.4 Å². The predicted molar refractivity (Wildman–Crippen MR) is 73.6 cm³/mol. The van der Waals surface area contributed by atoms with Crippen LogP contribution in [0.2, 0.25) is 0 Å². The summed E-state index contributed by atoms with van der Waals surface area (Å²) in [5, 5.41) is 23.5. The lowest BCUT2D eigenvalue weighted by Crippen LogP contribution is -2.27. The Labute approximate surface area is 112 Å². The Morgan fingerprint density at radius 3 is 2.68 bits per heavy atom. The molecule has 1 aromatic carbocycles. The molecule has 19 heavy (non-hydrogen) atoms. The smallest absolute Gasteiger partial charge is 0.170 e. The average molecular weight is 267 g/mol. The minimum Gasteiger partial charge on any atom is -0.492 e. The summed E-state index contributed by atoms with van der Waals surface area (Å²) in [5.74, 6) is 1.05. The molecule has 1 atom stereocenters. The molecule has 0 aromatic heterocycles. The summed E-state index contributed by atoms with van der Waals surface area (Å²) in [7, 11) is 0. The van der Waals surface area contributed by atoms with E-state index < -0.39 is 0 Å². The molecule has 0 aliphatic carbocycles. The monoisotopic (exact) mass is 267 g/mol. The summed E-state index contributed by atoms with van der Waals surface area (Å²) in [6.45, 7) is 4.18. The highest BCUT2D eigenvalue weighted by Crippen LogP contribution is 2.11. The molecule has 0 radical (unpaired) electrons. The van der Waals surface area contributed by atoms with Crippen LogP contribution in [0, 0.1) is 5.92 Å². The Hall–Kier alpha value is -1.79. The maximum Gasteiger partial charge on any atom is 0.170 e. The van der Waals surface area contributed by atoms with Crippen molar-refractivity contribution in [1.82, 2.24) is 5.32 Å². The fraction of sp³-hybridized carbons (Fsp3) is 0.462. The Bertz CT molecular complexity index is 393. The number of nitrogens with two attached hydrogens (primary N) is 1. The van der Waals surface area contributed by atoms with Crippen molar-refractivity contribution in [3.05, 3.63) is 29.8 Å². The molecule has 6 heteroatoms. The van der Waals surface area contributed by atoms with Crippen molar-refractivity contribution < 1.29 is 15.1 Å². The van der Waals surface area contributed by atoms with Gasteiger partial charge < -0.3 is 26.1 Å². The van der Waals surface area contributed by atoms with Crippen molar-refractivity contribution in [2.45, 2.75) is 6.92 Å². The summed E-state index contributed by atoms with van der Waals surface area (Å²) in [6.07, 6.45) is 0. The van der Waals surface area contributed by atoms with E-state index in [1.54, 1.807) is 24.3 Å². The van der Waals surface area contributed by atoms with Crippen molar-refractivity contribution in [1.29, 1.82) is 0 Å². The molecule has 106 valence electrons. The second-order valence-electron chi connectivity index (χ2n) is 4.35. The molecule has 0 aliphatic rings. The van der Waals surface area contributed by atoms with Gasteiger partial charge in [-0.25, -0.2) is 0 Å². The van der Waals surface area contributed by atoms with Gasteiger partial charge in [0.2, 0.25) is 0 Å². The second-order valence-corrected chi connectivity index (χ2v) is 4.35. The van der Waals surface area contributed by atoms with Gasteiger partial charge in [-0.1, -0.05) is 12.1 Å². The lowest BCUT2D eigenvalue weighted by Gasteiger charge is -2.10. The maximum atomic E-state index is 8.85. The van der Waals surface area contributed by atoms with Gasteiger partial charge in [-0.15, -0.1) is 0 Å². The van der Waals surface area contributed by atoms with Crippen LogP contribution < -0.4 is 15.8 Å². The molecule has 5 N–H and O–H groups in total. The van der Waals surface area contributed by atoms with Gasteiger partial charge in [0.05, 0.1) is 0 Å². The van der Waals surface area contributed by atoms with Crippen molar-refractivity contribution >= 4 is 5.84 Å². The van der Waals surface area contributed by atoms with E-state index in [1.807, 2.05) is 6.92 Å². The van der Waals surface area contributed by atoms with Crippen molar-refractivity contribution in [2.24, 2.45) is 16.8 Å². The van der Waals surface area contributed by atoms with E-state index in [9.17, 15) is 0 Å². The topological polar surface area (TPSA) is 100 Å². The Balaban J connectivity index is 2.27. The summed E-state index contributed by atoms with van der Waals surface area (Å²) in [4.78, 5) is 0. The van der Waals surface area contributed by atoms with Crippen LogP contribution in [0.15, 0.2) is 29.4 Å². The van der Waals surface area contributed by atoms with Gasteiger partial charge in [0.1, 0.15) is 12.4 Å². The molecule has 1 unspecified atom stereocenters. The fourth-order valence-electron chi connectivity index (χ4n) is 1.43. The first-order valence-corrected chi connectivity index (χ1v) is 6.19. The van der Waals surface area contributed by atoms with E-state index in [1.165, 1.54) is 0 Å². The molecule has 1 rings (SSSR count). The first-order valence-electron chi connectivity index (χ1n) is 6.19. The van der Waals surface area contributed by atoms with Crippen LogP contribution in [0.4, 0.5) is 0 Å². The van der Waals surface area contributed by atoms with Crippen LogP contribution in [0.5, 0.6) is 5.75 Å². The highest BCUT2D eigenvalue weighted by atomic mass is 16.5. The van der Waals surface area contributed by atoms with E-state index in [2.05, 4.69) is 10.5 Å². The van der Waals surface area contributed by atoms with Crippen LogP contribution in [-0.4, -0.2) is 42.5 Å². The molecule has 0 amide bonds. The molecule has 6 nitrogen and oxygen atoms in total. The van der Waals surface area contributed by atoms with Crippen LogP contribution in [0.25, 0.3) is 0 Å². The minimum absolute atomic E-state index is 0.0752. The first-order chi connectivity index (χ1) is 9.17. The Morgan fingerprint density at radius 2 is 2.11 bits per heavy atom. The molecule has 1 aromatic rings. The third kappa shape index (κ3) is 5.58. The largest absolute Gasteiger partial charge is 0.492 e. The Morgan fingerprint density at radius 1 is 1.42 bits per heavy atom. The maximum absolute atomic E-state index is 8.85. The van der Waals surface area contributed by atoms with Crippen molar-refractivity contribution in [3.8, 4) is 5.75 Å². The van der Waals surface area contributed by atoms with E-state index in [0.29, 0.717) is 18.7 Å². The van der Waals surface area contributed by atoms with Crippen molar-refractivity contribution in [3.63, 3.8) is 0 Å². The molecular weight excluding hydrogens is 246 g/mol. The number of amidine groups is 1. The van der Waals surface area contributed by atoms with Crippen LogP contribution in [0.1, 0.15) is 12.5 Å². The number of aliphatic hydroxyl groups is 1. The zero-order valence-corrected chi connectivity index (χ0v) is 11.0. The highest BCUT2D eigenvalue weighted by molar-refractivity contribution is 5.97. The molecule has 0 heterocycles. The third-order valence-corrected chi connectivity index (χ3v) is 2.61. The quantitative estimate of drug-likeness (QED) is 0.179. The number of hydrogen-bond donors (Lipinski definition) is 4. The number of ether oxygens (including phenoxy) is 1. The first kappa shape index (κ1) is 15.3. The predicted octanol–water partition coefficient (Wildman–Crippen LogP) is 0.378. The van der Waals surface area contributed by atoms with Crippen LogP contribution >= 0.6 is 0 Å². The zero-order chi connectivity index (χ0) is 14.1. The lowest BCUT2D eigenvalue weighted by molar-refractivity contribution is 0.230. The molecule has 0 aliphatic heterocycles. The lowest BCUT2D eigenvalue weighted by atomic mass is 10.2. The molecule has 0 spiro atoms. The van der Waals surface area contributed by atoms with Gasteiger partial charge >= 0.3 is 0 Å². The number of oxime groups is 1. The molecule has 0 fully saturated rings. The highest BCUT2D eigenvalue weighted by Gasteiger charge is 2.00. The van der Waals surface area contributed by atoms with Gasteiger partial charge in [-0.3, -0.25) is 0 Å². The van der Waals surface area contributed by atoms with Crippen LogP contribution in [0.3, 0.4) is 0 Å². The second kappa shape index (κ2) is 8.34. The number of nitrogens with zero attached hydrogens (tertiary/aromatic N) is 1. The standard InChI is InChI=1S/C13H21N3O3/c1-10(9-17)8-15-6-7-19-12-4-2-11(3-5-12)13(14)16-18/h2-5,10,15,17-18H,6-9H2,1H3,(H2,14,16). The molecular formula is C13H21N3O3. The Kier molecular flexibility index (Phi) is 6.70.